The number of carbonyl (C=O) groups is 2. The fraction of sp³-hybridized carbons (Fsp3) is 0.700. The molecule has 2 aliphatic rings. The van der Waals surface area contributed by atoms with E-state index >= 15 is 0 Å². The number of methoxy groups -OCH3 is 1. The van der Waals surface area contributed by atoms with Crippen LogP contribution in [0.15, 0.2) is 0 Å². The SMILES string of the molecule is COC(=O)c1c(NC(=O)CN2CCOCC2)sc2c1CC[C@@H](C(C)(C)C)C2. The van der Waals surface area contributed by atoms with Gasteiger partial charge in [0.1, 0.15) is 5.00 Å². The van der Waals surface area contributed by atoms with Crippen LogP contribution in [-0.4, -0.2) is 56.7 Å². The quantitative estimate of drug-likeness (QED) is 0.796. The molecule has 1 aliphatic heterocycles. The normalized spacial score (nSPS) is 20.8. The van der Waals surface area contributed by atoms with Crippen molar-refractivity contribution < 1.29 is 19.1 Å². The monoisotopic (exact) mass is 394 g/mol. The van der Waals surface area contributed by atoms with Gasteiger partial charge in [0.25, 0.3) is 0 Å². The molecule has 1 saturated heterocycles. The highest BCUT2D eigenvalue weighted by atomic mass is 32.1. The van der Waals surface area contributed by atoms with Crippen molar-refractivity contribution in [1.82, 2.24) is 4.90 Å². The lowest BCUT2D eigenvalue weighted by Crippen LogP contribution is -2.41. The van der Waals surface area contributed by atoms with E-state index in [1.54, 1.807) is 0 Å². The summed E-state index contributed by atoms with van der Waals surface area (Å²) >= 11 is 1.54. The molecule has 1 aromatic rings. The molecule has 1 aliphatic carbocycles. The number of amides is 1. The molecule has 0 aromatic carbocycles. The van der Waals surface area contributed by atoms with Gasteiger partial charge < -0.3 is 14.8 Å². The number of morpholine rings is 1. The molecular weight excluding hydrogens is 364 g/mol. The molecule has 1 atom stereocenters. The Labute approximate surface area is 165 Å². The van der Waals surface area contributed by atoms with Gasteiger partial charge in [-0.25, -0.2) is 4.79 Å². The van der Waals surface area contributed by atoms with E-state index in [0.29, 0.717) is 36.2 Å². The summed E-state index contributed by atoms with van der Waals surface area (Å²) in [7, 11) is 1.40. The highest BCUT2D eigenvalue weighted by Crippen LogP contribution is 2.44. The fourth-order valence-electron chi connectivity index (χ4n) is 3.86. The molecule has 0 bridgehead atoms. The molecule has 1 fully saturated rings. The first-order valence-electron chi connectivity index (χ1n) is 9.62. The largest absolute Gasteiger partial charge is 0.465 e. The van der Waals surface area contributed by atoms with Crippen molar-refractivity contribution in [3.05, 3.63) is 16.0 Å². The average molecular weight is 395 g/mol. The third kappa shape index (κ3) is 4.70. The van der Waals surface area contributed by atoms with Gasteiger partial charge in [-0.2, -0.15) is 0 Å². The Hall–Kier alpha value is -1.44. The van der Waals surface area contributed by atoms with Gasteiger partial charge in [0.2, 0.25) is 5.91 Å². The lowest BCUT2D eigenvalue weighted by atomic mass is 9.72. The first kappa shape index (κ1) is 20.3. The molecule has 27 heavy (non-hydrogen) atoms. The summed E-state index contributed by atoms with van der Waals surface area (Å²) in [6.07, 6.45) is 2.86. The molecular formula is C20H30N2O4S. The molecule has 6 nitrogen and oxygen atoms in total. The van der Waals surface area contributed by atoms with Gasteiger partial charge in [0.15, 0.2) is 0 Å². The first-order chi connectivity index (χ1) is 12.8. The molecule has 1 aromatic heterocycles. The van der Waals surface area contributed by atoms with E-state index in [0.717, 1.165) is 37.9 Å². The molecule has 0 unspecified atom stereocenters. The Morgan fingerprint density at radius 3 is 2.63 bits per heavy atom. The van der Waals surface area contributed by atoms with Crippen molar-refractivity contribution in [1.29, 1.82) is 0 Å². The van der Waals surface area contributed by atoms with Gasteiger partial charge in [-0.1, -0.05) is 20.8 Å². The van der Waals surface area contributed by atoms with Crippen LogP contribution in [0.5, 0.6) is 0 Å². The fourth-order valence-corrected chi connectivity index (χ4v) is 5.19. The second kappa shape index (κ2) is 8.29. The highest BCUT2D eigenvalue weighted by Gasteiger charge is 2.34. The van der Waals surface area contributed by atoms with E-state index in [1.165, 1.54) is 23.3 Å². The van der Waals surface area contributed by atoms with Gasteiger partial charge in [0.05, 0.1) is 32.4 Å². The molecule has 2 heterocycles. The average Bonchev–Trinajstić information content (AvgIpc) is 2.97. The smallest absolute Gasteiger partial charge is 0.341 e. The number of nitrogens with one attached hydrogen (secondary N) is 1. The number of carbonyl (C=O) groups excluding carboxylic acids is 2. The minimum Gasteiger partial charge on any atom is -0.465 e. The minimum absolute atomic E-state index is 0.0898. The molecule has 150 valence electrons. The van der Waals surface area contributed by atoms with Gasteiger partial charge in [0, 0.05) is 18.0 Å². The lowest BCUT2D eigenvalue weighted by molar-refractivity contribution is -0.118. The number of anilines is 1. The maximum Gasteiger partial charge on any atom is 0.341 e. The van der Waals surface area contributed by atoms with Gasteiger partial charge in [-0.3, -0.25) is 9.69 Å². The molecule has 7 heteroatoms. The summed E-state index contributed by atoms with van der Waals surface area (Å²) in [6.45, 7) is 9.94. The molecule has 0 spiro atoms. The van der Waals surface area contributed by atoms with Crippen molar-refractivity contribution >= 4 is 28.2 Å². The van der Waals surface area contributed by atoms with E-state index in [1.807, 2.05) is 0 Å². The summed E-state index contributed by atoms with van der Waals surface area (Å²) in [5.74, 6) is 0.127. The highest BCUT2D eigenvalue weighted by molar-refractivity contribution is 7.17. The van der Waals surface area contributed by atoms with E-state index in [2.05, 4.69) is 31.0 Å². The van der Waals surface area contributed by atoms with Crippen LogP contribution in [0.25, 0.3) is 0 Å². The van der Waals surface area contributed by atoms with Crippen LogP contribution in [0.1, 0.15) is 48.0 Å². The van der Waals surface area contributed by atoms with Crippen molar-refractivity contribution in [3.63, 3.8) is 0 Å². The van der Waals surface area contributed by atoms with E-state index in [-0.39, 0.29) is 17.3 Å². The number of hydrogen-bond donors (Lipinski definition) is 1. The Morgan fingerprint density at radius 2 is 2.00 bits per heavy atom. The second-order valence-electron chi connectivity index (χ2n) is 8.44. The summed E-state index contributed by atoms with van der Waals surface area (Å²) in [5.41, 5.74) is 1.85. The van der Waals surface area contributed by atoms with Crippen LogP contribution in [0.2, 0.25) is 0 Å². The van der Waals surface area contributed by atoms with Crippen LogP contribution in [0.4, 0.5) is 5.00 Å². The van der Waals surface area contributed by atoms with Gasteiger partial charge >= 0.3 is 5.97 Å². The zero-order valence-corrected chi connectivity index (χ0v) is 17.5. The van der Waals surface area contributed by atoms with Crippen molar-refractivity contribution in [3.8, 4) is 0 Å². The zero-order valence-electron chi connectivity index (χ0n) is 16.7. The number of fused-ring (bicyclic) bond motifs is 1. The maximum atomic E-state index is 12.5. The van der Waals surface area contributed by atoms with Gasteiger partial charge in [-0.05, 0) is 36.2 Å². The van der Waals surface area contributed by atoms with Crippen LogP contribution < -0.4 is 5.32 Å². The number of esters is 1. The van der Waals surface area contributed by atoms with Gasteiger partial charge in [-0.15, -0.1) is 11.3 Å². The zero-order chi connectivity index (χ0) is 19.6. The van der Waals surface area contributed by atoms with Crippen LogP contribution in [0, 0.1) is 11.3 Å². The molecule has 1 N–H and O–H groups in total. The number of hydrogen-bond acceptors (Lipinski definition) is 6. The molecule has 0 saturated carbocycles. The summed E-state index contributed by atoms with van der Waals surface area (Å²) in [4.78, 5) is 28.2. The van der Waals surface area contributed by atoms with E-state index in [4.69, 9.17) is 9.47 Å². The summed E-state index contributed by atoms with van der Waals surface area (Å²) in [5, 5.41) is 3.62. The Bertz CT molecular complexity index is 702. The van der Waals surface area contributed by atoms with E-state index in [9.17, 15) is 9.59 Å². The number of ether oxygens (including phenoxy) is 2. The summed E-state index contributed by atoms with van der Waals surface area (Å²) < 4.78 is 10.3. The number of rotatable bonds is 4. The lowest BCUT2D eigenvalue weighted by Gasteiger charge is -2.33. The molecule has 1 amide bonds. The van der Waals surface area contributed by atoms with E-state index < -0.39 is 0 Å². The predicted octanol–water partition coefficient (Wildman–Crippen LogP) is 2.96. The Morgan fingerprint density at radius 1 is 1.30 bits per heavy atom. The first-order valence-corrected chi connectivity index (χ1v) is 10.4. The molecule has 3 rings (SSSR count). The predicted molar refractivity (Wildman–Crippen MR) is 107 cm³/mol. The van der Waals surface area contributed by atoms with Crippen LogP contribution >= 0.6 is 11.3 Å². The maximum absolute atomic E-state index is 12.5. The molecule has 0 radical (unpaired) electrons. The Balaban J connectivity index is 1.79. The Kier molecular flexibility index (Phi) is 6.23. The second-order valence-corrected chi connectivity index (χ2v) is 9.55. The van der Waals surface area contributed by atoms with Crippen LogP contribution in [-0.2, 0) is 27.1 Å². The van der Waals surface area contributed by atoms with Crippen molar-refractivity contribution in [2.75, 3.05) is 45.3 Å². The van der Waals surface area contributed by atoms with Crippen molar-refractivity contribution in [2.45, 2.75) is 40.0 Å². The van der Waals surface area contributed by atoms with Crippen LogP contribution in [0.3, 0.4) is 0 Å². The van der Waals surface area contributed by atoms with Crippen molar-refractivity contribution in [2.24, 2.45) is 11.3 Å². The summed E-state index contributed by atoms with van der Waals surface area (Å²) in [6, 6.07) is 0. The minimum atomic E-state index is -0.358. The number of nitrogens with zero attached hydrogens (tertiary/aromatic N) is 1. The third-order valence-corrected chi connectivity index (χ3v) is 6.77. The standard InChI is InChI=1S/C20H30N2O4S/c1-20(2,3)13-5-6-14-15(11-13)27-18(17(14)19(24)25-4)21-16(23)12-22-7-9-26-10-8-22/h13H,5-12H2,1-4H3,(H,21,23)/t13-/m1/s1. The third-order valence-electron chi connectivity index (χ3n) is 5.60. The number of thiophene rings is 1. The topological polar surface area (TPSA) is 67.9 Å².